The average Bonchev–Trinajstić information content (AvgIpc) is 3.80. The van der Waals surface area contributed by atoms with Crippen LogP contribution in [0.5, 0.6) is 0 Å². The third-order valence-electron chi connectivity index (χ3n) is 9.46. The van der Waals surface area contributed by atoms with Gasteiger partial charge >= 0.3 is 0 Å². The Morgan fingerprint density at radius 1 is 0.468 bits per heavy atom. The molecule has 0 saturated heterocycles. The summed E-state index contributed by atoms with van der Waals surface area (Å²) in [5, 5.41) is 4.13. The van der Waals surface area contributed by atoms with E-state index in [4.69, 9.17) is 18.2 Å². The summed E-state index contributed by atoms with van der Waals surface area (Å²) >= 11 is 0. The summed E-state index contributed by atoms with van der Waals surface area (Å²) in [4.78, 5) is 5.04. The van der Waals surface area contributed by atoms with Crippen molar-refractivity contribution < 1.29 is 13.3 Å². The number of furan rings is 2. The minimum absolute atomic E-state index is 0.311. The zero-order chi connectivity index (χ0) is 31.8. The molecular formula is C43H33NO3. The van der Waals surface area contributed by atoms with Crippen molar-refractivity contribution in [3.8, 4) is 33.7 Å². The van der Waals surface area contributed by atoms with E-state index >= 15 is 0 Å². The highest BCUT2D eigenvalue weighted by Gasteiger charge is 2.24. The van der Waals surface area contributed by atoms with E-state index in [9.17, 15) is 0 Å². The maximum atomic E-state index is 6.76. The molecule has 3 aromatic heterocycles. The van der Waals surface area contributed by atoms with Crippen LogP contribution in [0.15, 0.2) is 129 Å². The van der Waals surface area contributed by atoms with Crippen molar-refractivity contribution in [2.24, 2.45) is 0 Å². The first kappa shape index (κ1) is 27.7. The summed E-state index contributed by atoms with van der Waals surface area (Å²) in [7, 11) is 0. The van der Waals surface area contributed by atoms with Gasteiger partial charge in [-0.2, -0.15) is 0 Å². The highest BCUT2D eigenvalue weighted by Crippen LogP contribution is 2.44. The van der Waals surface area contributed by atoms with Crippen LogP contribution < -0.4 is 0 Å². The molecule has 4 heteroatoms. The van der Waals surface area contributed by atoms with Crippen molar-refractivity contribution in [3.63, 3.8) is 0 Å². The zero-order valence-corrected chi connectivity index (χ0v) is 26.8. The Bertz CT molecular complexity index is 2600. The van der Waals surface area contributed by atoms with Crippen molar-refractivity contribution in [1.82, 2.24) is 4.98 Å². The number of hydrogen-bond donors (Lipinski definition) is 0. The molecule has 0 saturated carbocycles. The second-order valence-corrected chi connectivity index (χ2v) is 13.1. The van der Waals surface area contributed by atoms with Gasteiger partial charge in [-0.1, -0.05) is 113 Å². The molecule has 0 N–H and O–H groups in total. The fourth-order valence-electron chi connectivity index (χ4n) is 7.15. The van der Waals surface area contributed by atoms with Gasteiger partial charge in [-0.3, -0.25) is 0 Å². The van der Waals surface area contributed by atoms with E-state index in [1.807, 2.05) is 36.4 Å². The summed E-state index contributed by atoms with van der Waals surface area (Å²) < 4.78 is 19.6. The molecule has 0 aliphatic carbocycles. The fourth-order valence-corrected chi connectivity index (χ4v) is 7.15. The average molecular weight is 612 g/mol. The maximum Gasteiger partial charge on any atom is 0.231 e. The molecule has 0 radical (unpaired) electrons. The van der Waals surface area contributed by atoms with Crippen molar-refractivity contribution in [1.29, 1.82) is 0 Å². The Hall–Kier alpha value is -5.61. The van der Waals surface area contributed by atoms with Crippen molar-refractivity contribution in [3.05, 3.63) is 126 Å². The van der Waals surface area contributed by atoms with Crippen LogP contribution in [-0.2, 0) is 0 Å². The molecule has 9 rings (SSSR count). The molecule has 0 aliphatic heterocycles. The van der Waals surface area contributed by atoms with E-state index in [1.54, 1.807) is 0 Å². The van der Waals surface area contributed by atoms with Crippen LogP contribution in [0, 0.1) is 0 Å². The largest absolute Gasteiger partial charge is 0.456 e. The lowest BCUT2D eigenvalue weighted by molar-refractivity contribution is 0.616. The molecule has 6 aromatic carbocycles. The molecule has 9 aromatic rings. The second kappa shape index (κ2) is 10.5. The van der Waals surface area contributed by atoms with Crippen LogP contribution in [-0.4, -0.2) is 4.98 Å². The van der Waals surface area contributed by atoms with E-state index in [2.05, 4.69) is 107 Å². The van der Waals surface area contributed by atoms with E-state index in [1.165, 1.54) is 27.8 Å². The maximum absolute atomic E-state index is 6.76. The number of rotatable bonds is 5. The standard InChI is InChI=1S/C43H33NO3/c1-24(2)32-20-27(26-12-6-5-7-13-26)21-33(25(3)4)40(32)30-16-11-18-36-42(30)47-43(44-36)31-17-10-15-29-35-23-38-34(22-39(35)46-41(29)31)28-14-8-9-19-37(28)45-38/h5-25H,1-4H3. The van der Waals surface area contributed by atoms with Gasteiger partial charge in [0.1, 0.15) is 27.8 Å². The molecule has 0 aliphatic rings. The molecular weight excluding hydrogens is 578 g/mol. The number of benzene rings is 6. The molecule has 228 valence electrons. The van der Waals surface area contributed by atoms with Crippen LogP contribution in [0.25, 0.3) is 88.7 Å². The zero-order valence-electron chi connectivity index (χ0n) is 26.8. The number of para-hydroxylation sites is 3. The van der Waals surface area contributed by atoms with E-state index in [0.29, 0.717) is 17.7 Å². The highest BCUT2D eigenvalue weighted by molar-refractivity contribution is 6.16. The van der Waals surface area contributed by atoms with Crippen LogP contribution in [0.4, 0.5) is 0 Å². The van der Waals surface area contributed by atoms with Gasteiger partial charge in [-0.05, 0) is 70.0 Å². The fraction of sp³-hybridized carbons (Fsp3) is 0.140. The molecule has 0 bridgehead atoms. The van der Waals surface area contributed by atoms with Crippen molar-refractivity contribution in [2.75, 3.05) is 0 Å². The quantitative estimate of drug-likeness (QED) is 0.194. The Morgan fingerprint density at radius 2 is 1.11 bits per heavy atom. The molecule has 3 heterocycles. The predicted molar refractivity (Wildman–Crippen MR) is 193 cm³/mol. The smallest absolute Gasteiger partial charge is 0.231 e. The van der Waals surface area contributed by atoms with E-state index < -0.39 is 0 Å². The van der Waals surface area contributed by atoms with Gasteiger partial charge in [-0.25, -0.2) is 4.98 Å². The normalized spacial score (nSPS) is 12.2. The van der Waals surface area contributed by atoms with Crippen LogP contribution in [0.2, 0.25) is 0 Å². The molecule has 0 spiro atoms. The third-order valence-corrected chi connectivity index (χ3v) is 9.46. The minimum atomic E-state index is 0.311. The predicted octanol–water partition coefficient (Wildman–Crippen LogP) is 12.9. The lowest BCUT2D eigenvalue weighted by Crippen LogP contribution is -2.01. The molecule has 47 heavy (non-hydrogen) atoms. The van der Waals surface area contributed by atoms with Crippen LogP contribution in [0.3, 0.4) is 0 Å². The van der Waals surface area contributed by atoms with Gasteiger partial charge in [-0.15, -0.1) is 0 Å². The summed E-state index contributed by atoms with van der Waals surface area (Å²) in [6, 6.07) is 40.1. The van der Waals surface area contributed by atoms with E-state index in [-0.39, 0.29) is 0 Å². The Balaban J connectivity index is 1.24. The SMILES string of the molecule is CC(C)c1cc(-c2ccccc2)cc(C(C)C)c1-c1cccc2nc(-c3cccc4c3oc3cc5c(cc34)oc3ccccc35)oc12. The van der Waals surface area contributed by atoms with Gasteiger partial charge in [0.05, 0.1) is 5.56 Å². The number of nitrogens with zero attached hydrogens (tertiary/aromatic N) is 1. The van der Waals surface area contributed by atoms with Crippen molar-refractivity contribution >= 4 is 55.0 Å². The van der Waals surface area contributed by atoms with Gasteiger partial charge in [0.15, 0.2) is 5.58 Å². The Morgan fingerprint density at radius 3 is 1.87 bits per heavy atom. The van der Waals surface area contributed by atoms with Crippen LogP contribution >= 0.6 is 0 Å². The van der Waals surface area contributed by atoms with Gasteiger partial charge in [0.25, 0.3) is 0 Å². The molecule has 0 atom stereocenters. The molecule has 4 nitrogen and oxygen atoms in total. The third kappa shape index (κ3) is 4.32. The lowest BCUT2D eigenvalue weighted by Gasteiger charge is -2.22. The number of hydrogen-bond acceptors (Lipinski definition) is 4. The minimum Gasteiger partial charge on any atom is -0.456 e. The first-order valence-corrected chi connectivity index (χ1v) is 16.3. The summed E-state index contributed by atoms with van der Waals surface area (Å²) in [6.45, 7) is 9.08. The molecule has 0 amide bonds. The van der Waals surface area contributed by atoms with Gasteiger partial charge < -0.3 is 13.3 Å². The van der Waals surface area contributed by atoms with Crippen molar-refractivity contribution in [2.45, 2.75) is 39.5 Å². The summed E-state index contributed by atoms with van der Waals surface area (Å²) in [5.74, 6) is 1.17. The number of aromatic nitrogens is 1. The number of oxazole rings is 1. The monoisotopic (exact) mass is 611 g/mol. The molecule has 0 unspecified atom stereocenters. The summed E-state index contributed by atoms with van der Waals surface area (Å²) in [5.41, 5.74) is 13.1. The first-order valence-electron chi connectivity index (χ1n) is 16.3. The second-order valence-electron chi connectivity index (χ2n) is 13.1. The lowest BCUT2D eigenvalue weighted by atomic mass is 9.82. The summed E-state index contributed by atoms with van der Waals surface area (Å²) in [6.07, 6.45) is 0. The van der Waals surface area contributed by atoms with Gasteiger partial charge in [0.2, 0.25) is 5.89 Å². The van der Waals surface area contributed by atoms with Gasteiger partial charge in [0, 0.05) is 27.1 Å². The Labute approximate surface area is 272 Å². The Kier molecular flexibility index (Phi) is 6.16. The molecule has 0 fully saturated rings. The van der Waals surface area contributed by atoms with Crippen LogP contribution in [0.1, 0.15) is 50.7 Å². The topological polar surface area (TPSA) is 52.3 Å². The first-order chi connectivity index (χ1) is 22.9. The number of fused-ring (bicyclic) bond motifs is 7. The highest BCUT2D eigenvalue weighted by atomic mass is 16.4. The van der Waals surface area contributed by atoms with E-state index in [0.717, 1.165) is 66.1 Å².